The predicted octanol–water partition coefficient (Wildman–Crippen LogP) is 4.46. The number of benzene rings is 3. The lowest BCUT2D eigenvalue weighted by atomic mass is 9.93. The van der Waals surface area contributed by atoms with Crippen LogP contribution < -0.4 is 0 Å². The number of aldehydes is 2. The van der Waals surface area contributed by atoms with E-state index in [0.717, 1.165) is 34.1 Å². The second-order valence-corrected chi connectivity index (χ2v) is 4.15. The zero-order valence-electron chi connectivity index (χ0n) is 10.4. The first-order valence-corrected chi connectivity index (χ1v) is 5.70. The molecule has 0 saturated carbocycles. The Kier molecular flexibility index (Phi) is 5.26. The van der Waals surface area contributed by atoms with E-state index in [-0.39, 0.29) is 24.8 Å². The van der Waals surface area contributed by atoms with E-state index in [1.807, 2.05) is 48.5 Å². The highest BCUT2D eigenvalue weighted by Gasteiger charge is 2.11. The first-order valence-electron chi connectivity index (χ1n) is 5.70. The number of fused-ring (bicyclic) bond motifs is 2. The van der Waals surface area contributed by atoms with E-state index in [2.05, 4.69) is 0 Å². The van der Waals surface area contributed by atoms with E-state index in [9.17, 15) is 9.59 Å². The van der Waals surface area contributed by atoms with Crippen LogP contribution in [-0.4, -0.2) is 12.6 Å². The van der Waals surface area contributed by atoms with Crippen molar-refractivity contribution in [2.75, 3.05) is 0 Å². The molecule has 0 spiro atoms. The Bertz CT molecular complexity index is 659. The van der Waals surface area contributed by atoms with Gasteiger partial charge in [0, 0.05) is 11.1 Å². The van der Waals surface area contributed by atoms with E-state index >= 15 is 0 Å². The highest BCUT2D eigenvalue weighted by molar-refractivity contribution is 6.19. The molecule has 0 amide bonds. The molecule has 4 heteroatoms. The van der Waals surface area contributed by atoms with Gasteiger partial charge >= 0.3 is 0 Å². The van der Waals surface area contributed by atoms with Crippen LogP contribution in [-0.2, 0) is 0 Å². The monoisotopic (exact) mass is 306 g/mol. The van der Waals surface area contributed by atoms with Gasteiger partial charge in [-0.15, -0.1) is 24.8 Å². The first-order chi connectivity index (χ1) is 8.86. The van der Waals surface area contributed by atoms with Gasteiger partial charge in [-0.3, -0.25) is 9.59 Å². The van der Waals surface area contributed by atoms with Gasteiger partial charge in [0.1, 0.15) is 0 Å². The third-order valence-electron chi connectivity index (χ3n) is 3.25. The molecule has 0 radical (unpaired) electrons. The van der Waals surface area contributed by atoms with Gasteiger partial charge in [-0.25, -0.2) is 0 Å². The quantitative estimate of drug-likeness (QED) is 0.517. The van der Waals surface area contributed by atoms with Crippen molar-refractivity contribution in [3.05, 3.63) is 59.7 Å². The van der Waals surface area contributed by atoms with Crippen molar-refractivity contribution in [2.45, 2.75) is 0 Å². The minimum atomic E-state index is 0. The molecule has 0 heterocycles. The zero-order valence-corrected chi connectivity index (χ0v) is 12.0. The van der Waals surface area contributed by atoms with Gasteiger partial charge in [0.15, 0.2) is 12.6 Å². The fraction of sp³-hybridized carbons (Fsp3) is 0. The van der Waals surface area contributed by atoms with Gasteiger partial charge in [0.2, 0.25) is 0 Å². The third kappa shape index (κ3) is 2.28. The van der Waals surface area contributed by atoms with Crippen LogP contribution in [0, 0.1) is 0 Å². The number of rotatable bonds is 2. The van der Waals surface area contributed by atoms with Crippen molar-refractivity contribution < 1.29 is 9.59 Å². The minimum Gasteiger partial charge on any atom is -0.298 e. The summed E-state index contributed by atoms with van der Waals surface area (Å²) in [5.41, 5.74) is 1.29. The van der Waals surface area contributed by atoms with E-state index in [1.54, 1.807) is 0 Å². The summed E-state index contributed by atoms with van der Waals surface area (Å²) in [6.45, 7) is 0. The van der Waals surface area contributed by atoms with Crippen molar-refractivity contribution >= 4 is 58.9 Å². The summed E-state index contributed by atoms with van der Waals surface area (Å²) in [5, 5.41) is 3.31. The molecule has 2 nitrogen and oxygen atoms in total. The molecule has 0 fully saturated rings. The Labute approximate surface area is 128 Å². The van der Waals surface area contributed by atoms with Crippen LogP contribution in [0.5, 0.6) is 0 Å². The predicted molar refractivity (Wildman–Crippen MR) is 86.7 cm³/mol. The Morgan fingerprint density at radius 2 is 0.800 bits per heavy atom. The fourth-order valence-corrected chi connectivity index (χ4v) is 2.45. The summed E-state index contributed by atoms with van der Waals surface area (Å²) < 4.78 is 0. The SMILES string of the molecule is Cl.Cl.O=Cc1c2ccccc2c(C=O)c2ccccc12. The van der Waals surface area contributed by atoms with Crippen LogP contribution >= 0.6 is 24.8 Å². The Balaban J connectivity index is 0.000001000. The van der Waals surface area contributed by atoms with Gasteiger partial charge < -0.3 is 0 Å². The van der Waals surface area contributed by atoms with Gasteiger partial charge in [-0.1, -0.05) is 48.5 Å². The molecular weight excluding hydrogens is 295 g/mol. The number of carbonyl (C=O) groups excluding carboxylic acids is 2. The van der Waals surface area contributed by atoms with Gasteiger partial charge in [0.05, 0.1) is 0 Å². The Hall–Kier alpha value is -1.90. The molecule has 0 aromatic heterocycles. The van der Waals surface area contributed by atoms with Crippen LogP contribution in [0.3, 0.4) is 0 Å². The van der Waals surface area contributed by atoms with Gasteiger partial charge in [-0.05, 0) is 21.5 Å². The Morgan fingerprint density at radius 3 is 1.00 bits per heavy atom. The van der Waals surface area contributed by atoms with Crippen LogP contribution in [0.2, 0.25) is 0 Å². The van der Waals surface area contributed by atoms with Crippen LogP contribution in [0.4, 0.5) is 0 Å². The molecule has 0 unspecified atom stereocenters. The summed E-state index contributed by atoms with van der Waals surface area (Å²) in [6, 6.07) is 15.0. The molecule has 3 aromatic rings. The Morgan fingerprint density at radius 1 is 0.550 bits per heavy atom. The van der Waals surface area contributed by atoms with Crippen molar-refractivity contribution in [3.63, 3.8) is 0 Å². The van der Waals surface area contributed by atoms with Crippen molar-refractivity contribution in [3.8, 4) is 0 Å². The summed E-state index contributed by atoms with van der Waals surface area (Å²) in [6.07, 6.45) is 1.72. The van der Waals surface area contributed by atoms with E-state index in [1.165, 1.54) is 0 Å². The van der Waals surface area contributed by atoms with Crippen molar-refractivity contribution in [1.29, 1.82) is 0 Å². The summed E-state index contributed by atoms with van der Waals surface area (Å²) in [4.78, 5) is 22.7. The molecule has 0 aliphatic rings. The average Bonchev–Trinajstić information content (AvgIpc) is 2.44. The van der Waals surface area contributed by atoms with Gasteiger partial charge in [0.25, 0.3) is 0 Å². The second-order valence-electron chi connectivity index (χ2n) is 4.15. The topological polar surface area (TPSA) is 34.1 Å². The standard InChI is InChI=1S/C16H10O2.2ClH/c17-9-15-11-5-1-2-6-12(11)16(10-18)14-8-4-3-7-13(14)15;;/h1-10H;2*1H. The van der Waals surface area contributed by atoms with Crippen LogP contribution in [0.25, 0.3) is 21.5 Å². The highest BCUT2D eigenvalue weighted by atomic mass is 35.5. The van der Waals surface area contributed by atoms with E-state index in [4.69, 9.17) is 0 Å². The zero-order chi connectivity index (χ0) is 12.5. The first kappa shape index (κ1) is 16.2. The lowest BCUT2D eigenvalue weighted by Gasteiger charge is -2.09. The van der Waals surface area contributed by atoms with Crippen molar-refractivity contribution in [1.82, 2.24) is 0 Å². The summed E-state index contributed by atoms with van der Waals surface area (Å²) in [5.74, 6) is 0. The largest absolute Gasteiger partial charge is 0.298 e. The molecule has 0 saturated heterocycles. The molecule has 0 aliphatic carbocycles. The second kappa shape index (κ2) is 6.51. The minimum absolute atomic E-state index is 0. The number of hydrogen-bond donors (Lipinski definition) is 0. The normalized spacial score (nSPS) is 9.60. The molecule has 0 bridgehead atoms. The summed E-state index contributed by atoms with van der Waals surface area (Å²) in [7, 11) is 0. The maximum Gasteiger partial charge on any atom is 0.151 e. The molecule has 0 atom stereocenters. The maximum atomic E-state index is 11.3. The molecule has 102 valence electrons. The average molecular weight is 307 g/mol. The highest BCUT2D eigenvalue weighted by Crippen LogP contribution is 2.30. The molecule has 0 N–H and O–H groups in total. The fourth-order valence-electron chi connectivity index (χ4n) is 2.45. The lowest BCUT2D eigenvalue weighted by Crippen LogP contribution is -1.93. The molecule has 20 heavy (non-hydrogen) atoms. The van der Waals surface area contributed by atoms with E-state index < -0.39 is 0 Å². The van der Waals surface area contributed by atoms with Gasteiger partial charge in [-0.2, -0.15) is 0 Å². The number of halogens is 2. The van der Waals surface area contributed by atoms with Crippen LogP contribution in [0.15, 0.2) is 48.5 Å². The maximum absolute atomic E-state index is 11.3. The molecule has 0 aliphatic heterocycles. The molecule has 3 rings (SSSR count). The third-order valence-corrected chi connectivity index (χ3v) is 3.25. The molecule has 3 aromatic carbocycles. The smallest absolute Gasteiger partial charge is 0.151 e. The number of hydrogen-bond acceptors (Lipinski definition) is 2. The lowest BCUT2D eigenvalue weighted by molar-refractivity contribution is 0.111. The number of carbonyl (C=O) groups is 2. The molecular formula is C16H12Cl2O2. The summed E-state index contributed by atoms with van der Waals surface area (Å²) >= 11 is 0. The van der Waals surface area contributed by atoms with E-state index in [0.29, 0.717) is 11.1 Å². The van der Waals surface area contributed by atoms with Crippen molar-refractivity contribution in [2.24, 2.45) is 0 Å². The van der Waals surface area contributed by atoms with Crippen LogP contribution in [0.1, 0.15) is 20.7 Å².